The Morgan fingerprint density at radius 3 is 2.81 bits per heavy atom. The van der Waals surface area contributed by atoms with Crippen molar-refractivity contribution in [1.82, 2.24) is 14.8 Å². The molecule has 4 atom stereocenters. The summed E-state index contributed by atoms with van der Waals surface area (Å²) in [7, 11) is 1.88. The van der Waals surface area contributed by atoms with Gasteiger partial charge in [0.25, 0.3) is 0 Å². The first-order chi connectivity index (χ1) is 15.1. The predicted octanol–water partition coefficient (Wildman–Crippen LogP) is 1.90. The molecule has 2 fully saturated rings. The number of hydrogen-bond donors (Lipinski definition) is 1. The van der Waals surface area contributed by atoms with Crippen LogP contribution >= 0.6 is 0 Å². The van der Waals surface area contributed by atoms with E-state index in [-0.39, 0.29) is 37.0 Å². The number of nitrogens with one attached hydrogen (secondary N) is 1. The average molecular weight is 417 g/mol. The largest absolute Gasteiger partial charge is 0.454 e. The van der Waals surface area contributed by atoms with Crippen molar-refractivity contribution < 1.29 is 19.0 Å². The molecule has 5 heterocycles. The molecule has 4 aliphatic heterocycles. The Bertz CT molecular complexity index is 1330. The lowest BCUT2D eigenvalue weighted by atomic mass is 9.98. The third-order valence-electron chi connectivity index (χ3n) is 6.75. The van der Waals surface area contributed by atoms with Gasteiger partial charge in [0.05, 0.1) is 24.3 Å². The first kappa shape index (κ1) is 17.3. The smallest absolute Gasteiger partial charge is 0.238 e. The number of H-pyrrole nitrogens is 1. The molecule has 1 unspecified atom stereocenters. The molecule has 1 aromatic heterocycles. The van der Waals surface area contributed by atoms with Crippen molar-refractivity contribution in [3.05, 3.63) is 69.5 Å². The molecule has 3 aromatic rings. The van der Waals surface area contributed by atoms with Gasteiger partial charge in [-0.1, -0.05) is 18.2 Å². The Morgan fingerprint density at radius 1 is 1.06 bits per heavy atom. The summed E-state index contributed by atoms with van der Waals surface area (Å²) in [4.78, 5) is 34.3. The van der Waals surface area contributed by atoms with Crippen LogP contribution in [0.25, 0.3) is 10.9 Å². The van der Waals surface area contributed by atoms with E-state index in [0.29, 0.717) is 22.4 Å². The second-order valence-electron chi connectivity index (χ2n) is 8.49. The number of likely N-dealkylation sites (N-methyl/N-ethyl adjacent to an activating group) is 1. The fourth-order valence-corrected chi connectivity index (χ4v) is 5.34. The lowest BCUT2D eigenvalue weighted by molar-refractivity contribution is -0.136. The highest BCUT2D eigenvalue weighted by molar-refractivity contribution is 5.84. The van der Waals surface area contributed by atoms with Crippen molar-refractivity contribution in [2.24, 2.45) is 0 Å². The summed E-state index contributed by atoms with van der Waals surface area (Å²) in [5.41, 5.74) is 2.95. The molecule has 1 amide bonds. The van der Waals surface area contributed by atoms with Crippen molar-refractivity contribution in [2.75, 3.05) is 20.4 Å². The summed E-state index contributed by atoms with van der Waals surface area (Å²) in [6.07, 6.45) is -0.385. The van der Waals surface area contributed by atoms with Gasteiger partial charge in [0, 0.05) is 16.5 Å². The van der Waals surface area contributed by atoms with Gasteiger partial charge in [-0.15, -0.1) is 0 Å². The lowest BCUT2D eigenvalue weighted by Gasteiger charge is -2.29. The fourth-order valence-electron chi connectivity index (χ4n) is 5.34. The van der Waals surface area contributed by atoms with Crippen LogP contribution in [0, 0.1) is 0 Å². The van der Waals surface area contributed by atoms with Crippen molar-refractivity contribution in [3.63, 3.8) is 0 Å². The van der Waals surface area contributed by atoms with Crippen LogP contribution in [0.3, 0.4) is 0 Å². The van der Waals surface area contributed by atoms with Crippen LogP contribution in [0.1, 0.15) is 28.9 Å². The summed E-state index contributed by atoms with van der Waals surface area (Å²) in [6, 6.07) is 12.3. The normalized spacial score (nSPS) is 28.3. The third-order valence-corrected chi connectivity index (χ3v) is 6.75. The number of pyridine rings is 1. The van der Waals surface area contributed by atoms with Gasteiger partial charge in [-0.05, 0) is 36.9 Å². The SMILES string of the molecule is CN1CC(=O)N2[C@H](c3ccc4c(c3)OCO4)c3[nH]c4ccccc4c(=O)c3[C@@H]2[C@@H]2OC21. The van der Waals surface area contributed by atoms with E-state index in [1.807, 2.05) is 59.3 Å². The number of carbonyl (C=O) groups is 1. The number of fused-ring (bicyclic) bond motifs is 7. The zero-order valence-corrected chi connectivity index (χ0v) is 16.7. The van der Waals surface area contributed by atoms with Gasteiger partial charge in [0.2, 0.25) is 12.7 Å². The first-order valence-corrected chi connectivity index (χ1v) is 10.3. The minimum Gasteiger partial charge on any atom is -0.454 e. The Hall–Kier alpha value is -3.36. The molecule has 0 saturated carbocycles. The van der Waals surface area contributed by atoms with Gasteiger partial charge in [0.15, 0.2) is 16.9 Å². The van der Waals surface area contributed by atoms with E-state index in [9.17, 15) is 9.59 Å². The number of epoxide rings is 1. The molecular formula is C23H19N3O5. The minimum absolute atomic E-state index is 0.0287. The highest BCUT2D eigenvalue weighted by atomic mass is 16.7. The summed E-state index contributed by atoms with van der Waals surface area (Å²) in [5.74, 6) is 1.29. The second kappa shape index (κ2) is 5.87. The molecule has 7 rings (SSSR count). The van der Waals surface area contributed by atoms with Crippen LogP contribution in [0.5, 0.6) is 11.5 Å². The molecule has 31 heavy (non-hydrogen) atoms. The van der Waals surface area contributed by atoms with Gasteiger partial charge >= 0.3 is 0 Å². The molecule has 156 valence electrons. The van der Waals surface area contributed by atoms with Crippen molar-refractivity contribution in [1.29, 1.82) is 0 Å². The Kier molecular flexibility index (Phi) is 3.28. The number of carbonyl (C=O) groups excluding carboxylic acids is 1. The quantitative estimate of drug-likeness (QED) is 0.609. The maximum absolute atomic E-state index is 13.6. The molecule has 0 spiro atoms. The summed E-state index contributed by atoms with van der Waals surface area (Å²) < 4.78 is 17.0. The lowest BCUT2D eigenvalue weighted by Crippen LogP contribution is -2.39. The Balaban J connectivity index is 1.51. The molecule has 2 saturated heterocycles. The van der Waals surface area contributed by atoms with Crippen LogP contribution in [0.15, 0.2) is 47.3 Å². The van der Waals surface area contributed by atoms with E-state index in [0.717, 1.165) is 16.8 Å². The number of rotatable bonds is 1. The molecule has 4 aliphatic rings. The van der Waals surface area contributed by atoms with Crippen molar-refractivity contribution >= 4 is 16.8 Å². The Morgan fingerprint density at radius 2 is 1.90 bits per heavy atom. The van der Waals surface area contributed by atoms with Gasteiger partial charge in [0.1, 0.15) is 12.3 Å². The number of hydrogen-bond acceptors (Lipinski definition) is 6. The zero-order chi connectivity index (χ0) is 20.9. The number of ether oxygens (including phenoxy) is 3. The topological polar surface area (TPSA) is 87.4 Å². The number of nitrogens with zero attached hydrogens (tertiary/aromatic N) is 2. The average Bonchev–Trinajstić information content (AvgIpc) is 3.31. The van der Waals surface area contributed by atoms with Gasteiger partial charge in [-0.2, -0.15) is 0 Å². The predicted molar refractivity (Wildman–Crippen MR) is 110 cm³/mol. The molecule has 8 heteroatoms. The summed E-state index contributed by atoms with van der Waals surface area (Å²) >= 11 is 0. The van der Waals surface area contributed by atoms with E-state index in [2.05, 4.69) is 4.98 Å². The number of aromatic nitrogens is 1. The molecule has 2 aromatic carbocycles. The molecule has 1 N–H and O–H groups in total. The van der Waals surface area contributed by atoms with Crippen LogP contribution in [-0.4, -0.2) is 53.4 Å². The molecule has 0 radical (unpaired) electrons. The fraction of sp³-hybridized carbons (Fsp3) is 0.304. The minimum atomic E-state index is -0.435. The van der Waals surface area contributed by atoms with Crippen LogP contribution in [0.2, 0.25) is 0 Å². The van der Waals surface area contributed by atoms with Crippen LogP contribution < -0.4 is 14.9 Å². The summed E-state index contributed by atoms with van der Waals surface area (Å²) in [6.45, 7) is 0.412. The van der Waals surface area contributed by atoms with Crippen molar-refractivity contribution in [3.8, 4) is 11.5 Å². The van der Waals surface area contributed by atoms with Gasteiger partial charge in [-0.3, -0.25) is 14.5 Å². The molecule has 0 aliphatic carbocycles. The highest BCUT2D eigenvalue weighted by Crippen LogP contribution is 2.53. The van der Waals surface area contributed by atoms with E-state index < -0.39 is 12.1 Å². The van der Waals surface area contributed by atoms with E-state index in [1.54, 1.807) is 0 Å². The zero-order valence-electron chi connectivity index (χ0n) is 16.7. The molecular weight excluding hydrogens is 398 g/mol. The molecule has 0 bridgehead atoms. The maximum Gasteiger partial charge on any atom is 0.238 e. The van der Waals surface area contributed by atoms with Gasteiger partial charge in [-0.25, -0.2) is 0 Å². The number of benzene rings is 2. The second-order valence-corrected chi connectivity index (χ2v) is 8.49. The standard InChI is InChI=1S/C23H19N3O5/c1-25-9-16(27)26-19(11-6-7-14-15(8-11)30-10-29-14)18-17(20(26)22-23(25)31-22)21(28)12-4-2-3-5-13(12)24-18/h2-8,19-20,22-23H,9-10H2,1H3,(H,24,28)/t19-,20-,22+,23?/m1/s1. The van der Waals surface area contributed by atoms with E-state index in [1.165, 1.54) is 0 Å². The Labute approximate surface area is 176 Å². The third kappa shape index (κ3) is 2.26. The number of aromatic amines is 1. The maximum atomic E-state index is 13.6. The van der Waals surface area contributed by atoms with Gasteiger partial charge < -0.3 is 24.1 Å². The molecule has 8 nitrogen and oxygen atoms in total. The van der Waals surface area contributed by atoms with Crippen molar-refractivity contribution in [2.45, 2.75) is 24.4 Å². The monoisotopic (exact) mass is 417 g/mol. The summed E-state index contributed by atoms with van der Waals surface area (Å²) in [5, 5.41) is 0.620. The van der Waals surface area contributed by atoms with Crippen LogP contribution in [-0.2, 0) is 9.53 Å². The highest BCUT2D eigenvalue weighted by Gasteiger charge is 2.60. The van der Waals surface area contributed by atoms with E-state index >= 15 is 0 Å². The number of amides is 1. The first-order valence-electron chi connectivity index (χ1n) is 10.3. The van der Waals surface area contributed by atoms with E-state index in [4.69, 9.17) is 14.2 Å². The van der Waals surface area contributed by atoms with Crippen LogP contribution in [0.4, 0.5) is 0 Å². The number of para-hydroxylation sites is 1.